The molecule has 0 fully saturated rings. The van der Waals surface area contributed by atoms with Crippen molar-refractivity contribution in [3.63, 3.8) is 0 Å². The van der Waals surface area contributed by atoms with E-state index in [1.807, 2.05) is 0 Å². The first kappa shape index (κ1) is 12.7. The van der Waals surface area contributed by atoms with Crippen LogP contribution in [0.5, 0.6) is 0 Å². The van der Waals surface area contributed by atoms with Gasteiger partial charge in [-0.1, -0.05) is 12.1 Å². The molecule has 0 bridgehead atoms. The number of aromatic nitrogens is 3. The van der Waals surface area contributed by atoms with Crippen LogP contribution in [0.1, 0.15) is 12.5 Å². The average Bonchev–Trinajstić information content (AvgIpc) is 2.74. The van der Waals surface area contributed by atoms with Gasteiger partial charge in [-0.25, -0.2) is 14.1 Å². The molecule has 0 aliphatic carbocycles. The number of aliphatic hydroxyl groups excluding tert-OH is 1. The lowest BCUT2D eigenvalue weighted by Gasteiger charge is -2.11. The van der Waals surface area contributed by atoms with E-state index in [4.69, 9.17) is 12.2 Å². The molecular formula is C12H12FN3OS. The predicted octanol–water partition coefficient (Wildman–Crippen LogP) is 2.46. The predicted molar refractivity (Wildman–Crippen MR) is 69.7 cm³/mol. The average molecular weight is 265 g/mol. The highest BCUT2D eigenvalue weighted by atomic mass is 32.1. The number of H-pyrrole nitrogens is 1. The first-order chi connectivity index (χ1) is 8.58. The van der Waals surface area contributed by atoms with Crippen LogP contribution in [0.4, 0.5) is 4.39 Å². The lowest BCUT2D eigenvalue weighted by atomic mass is 10.1. The minimum atomic E-state index is -0.734. The van der Waals surface area contributed by atoms with Crippen molar-refractivity contribution in [2.24, 2.45) is 0 Å². The second kappa shape index (κ2) is 5.24. The van der Waals surface area contributed by atoms with Gasteiger partial charge in [0.2, 0.25) is 4.77 Å². The summed E-state index contributed by atoms with van der Waals surface area (Å²) in [4.78, 5) is 3.89. The van der Waals surface area contributed by atoms with Gasteiger partial charge >= 0.3 is 0 Å². The normalized spacial score (nSPS) is 13.6. The van der Waals surface area contributed by atoms with Crippen molar-refractivity contribution in [1.29, 1.82) is 0 Å². The summed E-state index contributed by atoms with van der Waals surface area (Å²) >= 11 is 5.03. The first-order valence-electron chi connectivity index (χ1n) is 5.36. The van der Waals surface area contributed by atoms with Crippen LogP contribution in [0.25, 0.3) is 11.8 Å². The Balaban J connectivity index is 2.46. The molecule has 0 aliphatic heterocycles. The Labute approximate surface area is 108 Å². The molecule has 2 N–H and O–H groups in total. The summed E-state index contributed by atoms with van der Waals surface area (Å²) < 4.78 is 14.6. The smallest absolute Gasteiger partial charge is 0.220 e. The van der Waals surface area contributed by atoms with Crippen LogP contribution >= 0.6 is 12.2 Å². The van der Waals surface area contributed by atoms with Gasteiger partial charge in [0.25, 0.3) is 0 Å². The summed E-state index contributed by atoms with van der Waals surface area (Å²) in [7, 11) is 0. The van der Waals surface area contributed by atoms with E-state index in [-0.39, 0.29) is 5.82 Å². The van der Waals surface area contributed by atoms with Gasteiger partial charge < -0.3 is 5.11 Å². The zero-order valence-electron chi connectivity index (χ0n) is 9.67. The standard InChI is InChI=1S/C12H12FN3OS/c1-8(17)11(16-12(18)14-7-15-16)6-9-2-4-10(13)5-3-9/h2-8,17H,1H3,(H,14,15,18)/b11-6+. The van der Waals surface area contributed by atoms with Crippen LogP contribution in [0, 0.1) is 10.6 Å². The summed E-state index contributed by atoms with van der Waals surface area (Å²) in [6, 6.07) is 5.96. The SMILES string of the molecule is CC(O)/C(=C\c1ccc(F)cc1)n1[nH]cnc1=S. The van der Waals surface area contributed by atoms with Crippen LogP contribution in [0.3, 0.4) is 0 Å². The lowest BCUT2D eigenvalue weighted by Crippen LogP contribution is -2.12. The number of hydrogen-bond donors (Lipinski definition) is 2. The number of nitrogens with zero attached hydrogens (tertiary/aromatic N) is 2. The first-order valence-corrected chi connectivity index (χ1v) is 5.77. The fraction of sp³-hybridized carbons (Fsp3) is 0.167. The van der Waals surface area contributed by atoms with E-state index in [1.54, 1.807) is 25.1 Å². The van der Waals surface area contributed by atoms with Gasteiger partial charge in [0.1, 0.15) is 12.1 Å². The number of aromatic amines is 1. The zero-order chi connectivity index (χ0) is 13.1. The molecule has 1 unspecified atom stereocenters. The van der Waals surface area contributed by atoms with E-state index >= 15 is 0 Å². The van der Waals surface area contributed by atoms with Crippen LogP contribution in [0.2, 0.25) is 0 Å². The fourth-order valence-corrected chi connectivity index (χ4v) is 1.75. The van der Waals surface area contributed by atoms with Gasteiger partial charge in [-0.2, -0.15) is 0 Å². The maximum Gasteiger partial charge on any atom is 0.220 e. The topological polar surface area (TPSA) is 53.8 Å². The molecule has 1 aromatic heterocycles. The molecule has 1 aromatic carbocycles. The molecule has 1 atom stereocenters. The molecule has 18 heavy (non-hydrogen) atoms. The van der Waals surface area contributed by atoms with Gasteiger partial charge in [0.05, 0.1) is 11.8 Å². The monoisotopic (exact) mass is 265 g/mol. The van der Waals surface area contributed by atoms with Crippen LogP contribution in [-0.4, -0.2) is 26.0 Å². The highest BCUT2D eigenvalue weighted by Gasteiger charge is 2.09. The molecule has 4 nitrogen and oxygen atoms in total. The summed E-state index contributed by atoms with van der Waals surface area (Å²) in [6.07, 6.45) is 2.43. The van der Waals surface area contributed by atoms with Gasteiger partial charge in [-0.3, -0.25) is 5.10 Å². The third kappa shape index (κ3) is 2.72. The maximum absolute atomic E-state index is 12.8. The van der Waals surface area contributed by atoms with Crippen molar-refractivity contribution in [3.8, 4) is 0 Å². The Kier molecular flexibility index (Phi) is 3.69. The van der Waals surface area contributed by atoms with Crippen LogP contribution < -0.4 is 0 Å². The number of nitrogens with one attached hydrogen (secondary N) is 1. The van der Waals surface area contributed by atoms with Gasteiger partial charge in [0.15, 0.2) is 0 Å². The molecule has 0 spiro atoms. The van der Waals surface area contributed by atoms with E-state index < -0.39 is 6.10 Å². The van der Waals surface area contributed by atoms with Crippen molar-refractivity contribution in [1.82, 2.24) is 14.8 Å². The number of rotatable bonds is 3. The second-order valence-electron chi connectivity index (χ2n) is 3.80. The van der Waals surface area contributed by atoms with Crippen molar-refractivity contribution in [3.05, 3.63) is 46.7 Å². The van der Waals surface area contributed by atoms with Gasteiger partial charge in [0, 0.05) is 0 Å². The van der Waals surface area contributed by atoms with E-state index in [9.17, 15) is 9.50 Å². The Bertz CT molecular complexity index is 613. The number of halogens is 1. The zero-order valence-corrected chi connectivity index (χ0v) is 10.5. The number of aliphatic hydroxyl groups is 1. The maximum atomic E-state index is 12.8. The summed E-state index contributed by atoms with van der Waals surface area (Å²) in [6.45, 7) is 1.62. The van der Waals surface area contributed by atoms with Crippen LogP contribution in [0.15, 0.2) is 30.6 Å². The summed E-state index contributed by atoms with van der Waals surface area (Å²) in [5.41, 5.74) is 1.31. The largest absolute Gasteiger partial charge is 0.387 e. The van der Waals surface area contributed by atoms with E-state index in [1.165, 1.54) is 23.1 Å². The molecule has 2 rings (SSSR count). The fourth-order valence-electron chi connectivity index (χ4n) is 1.54. The highest BCUT2D eigenvalue weighted by Crippen LogP contribution is 2.15. The minimum absolute atomic E-state index is 0.302. The minimum Gasteiger partial charge on any atom is -0.387 e. The van der Waals surface area contributed by atoms with Gasteiger partial charge in [-0.05, 0) is 42.9 Å². The lowest BCUT2D eigenvalue weighted by molar-refractivity contribution is 0.246. The van der Waals surface area contributed by atoms with E-state index in [0.29, 0.717) is 10.5 Å². The highest BCUT2D eigenvalue weighted by molar-refractivity contribution is 7.71. The molecule has 0 saturated heterocycles. The number of benzene rings is 1. The quantitative estimate of drug-likeness (QED) is 0.838. The number of hydrogen-bond acceptors (Lipinski definition) is 3. The molecule has 1 heterocycles. The molecule has 0 radical (unpaired) electrons. The van der Waals surface area contributed by atoms with Crippen molar-refractivity contribution >= 4 is 24.0 Å². The third-order valence-electron chi connectivity index (χ3n) is 2.42. The molecular weight excluding hydrogens is 253 g/mol. The Morgan fingerprint density at radius 1 is 1.50 bits per heavy atom. The van der Waals surface area contributed by atoms with E-state index in [0.717, 1.165) is 5.56 Å². The summed E-state index contributed by atoms with van der Waals surface area (Å²) in [5.74, 6) is -0.302. The molecule has 2 aromatic rings. The molecule has 0 aliphatic rings. The van der Waals surface area contributed by atoms with Crippen molar-refractivity contribution in [2.45, 2.75) is 13.0 Å². The molecule has 0 saturated carbocycles. The molecule has 94 valence electrons. The molecule has 6 heteroatoms. The third-order valence-corrected chi connectivity index (χ3v) is 2.71. The van der Waals surface area contributed by atoms with Gasteiger partial charge in [-0.15, -0.1) is 0 Å². The Hall–Kier alpha value is -1.79. The Morgan fingerprint density at radius 3 is 2.67 bits per heavy atom. The Morgan fingerprint density at radius 2 is 2.17 bits per heavy atom. The van der Waals surface area contributed by atoms with Crippen LogP contribution in [-0.2, 0) is 0 Å². The van der Waals surface area contributed by atoms with Crippen molar-refractivity contribution in [2.75, 3.05) is 0 Å². The van der Waals surface area contributed by atoms with Crippen molar-refractivity contribution < 1.29 is 9.50 Å². The van der Waals surface area contributed by atoms with E-state index in [2.05, 4.69) is 10.1 Å². The summed E-state index contributed by atoms with van der Waals surface area (Å²) in [5, 5.41) is 12.6. The molecule has 0 amide bonds. The second-order valence-corrected chi connectivity index (χ2v) is 4.17.